The lowest BCUT2D eigenvalue weighted by atomic mass is 9.82. The third-order valence-corrected chi connectivity index (χ3v) is 3.84. The fraction of sp³-hybridized carbons (Fsp3) is 0.412. The van der Waals surface area contributed by atoms with Crippen molar-refractivity contribution in [1.29, 1.82) is 0 Å². The molecule has 2 rings (SSSR count). The molecule has 0 aromatic heterocycles. The molecular weight excluding hydrogens is 266 g/mol. The smallest absolute Gasteiger partial charge is 0.306 e. The number of carbonyl (C=O) groups excluding carboxylic acids is 1. The summed E-state index contributed by atoms with van der Waals surface area (Å²) in [6.45, 7) is 0.578. The Morgan fingerprint density at radius 3 is 2.43 bits per heavy atom. The van der Waals surface area contributed by atoms with Gasteiger partial charge in [0.2, 0.25) is 0 Å². The average Bonchev–Trinajstić information content (AvgIpc) is 2.52. The number of benzene rings is 1. The first-order valence-corrected chi connectivity index (χ1v) is 7.23. The second-order valence-electron chi connectivity index (χ2n) is 5.38. The molecule has 1 aliphatic carbocycles. The van der Waals surface area contributed by atoms with Crippen molar-refractivity contribution < 1.29 is 14.7 Å². The molecule has 1 fully saturated rings. The van der Waals surface area contributed by atoms with Crippen LogP contribution in [0.25, 0.3) is 0 Å². The zero-order valence-electron chi connectivity index (χ0n) is 11.8. The van der Waals surface area contributed by atoms with Crippen molar-refractivity contribution in [3.63, 3.8) is 0 Å². The van der Waals surface area contributed by atoms with Gasteiger partial charge >= 0.3 is 5.97 Å². The number of aliphatic carboxylic acids is 1. The molecule has 1 amide bonds. The van der Waals surface area contributed by atoms with Gasteiger partial charge in [-0.25, -0.2) is 0 Å². The Hall–Kier alpha value is -2.28. The van der Waals surface area contributed by atoms with Crippen LogP contribution in [-0.4, -0.2) is 23.5 Å². The number of rotatable bonds is 3. The van der Waals surface area contributed by atoms with Crippen LogP contribution in [0.2, 0.25) is 0 Å². The lowest BCUT2D eigenvalue weighted by molar-refractivity contribution is -0.143. The molecule has 0 radical (unpaired) electrons. The Kier molecular flexibility index (Phi) is 5.39. The summed E-state index contributed by atoms with van der Waals surface area (Å²) in [6.07, 6.45) is 3.10. The summed E-state index contributed by atoms with van der Waals surface area (Å²) in [6, 6.07) is 9.37. The number of carboxylic acid groups (broad SMARTS) is 1. The van der Waals surface area contributed by atoms with Gasteiger partial charge in [0.1, 0.15) is 0 Å². The molecule has 0 heterocycles. The molecule has 21 heavy (non-hydrogen) atoms. The second-order valence-corrected chi connectivity index (χ2v) is 5.38. The van der Waals surface area contributed by atoms with E-state index in [4.69, 9.17) is 5.11 Å². The van der Waals surface area contributed by atoms with Crippen molar-refractivity contribution in [2.75, 3.05) is 6.54 Å². The van der Waals surface area contributed by atoms with Gasteiger partial charge in [-0.15, -0.1) is 0 Å². The number of hydrogen-bond acceptors (Lipinski definition) is 2. The number of nitrogens with one attached hydrogen (secondary N) is 1. The second kappa shape index (κ2) is 7.49. The normalized spacial score (nSPS) is 21.0. The van der Waals surface area contributed by atoms with Crippen LogP contribution < -0.4 is 5.32 Å². The zero-order valence-corrected chi connectivity index (χ0v) is 11.8. The van der Waals surface area contributed by atoms with E-state index >= 15 is 0 Å². The van der Waals surface area contributed by atoms with E-state index < -0.39 is 5.97 Å². The first kappa shape index (κ1) is 15.1. The third-order valence-electron chi connectivity index (χ3n) is 3.84. The molecule has 0 atom stereocenters. The largest absolute Gasteiger partial charge is 0.481 e. The van der Waals surface area contributed by atoms with Gasteiger partial charge in [-0.2, -0.15) is 0 Å². The van der Waals surface area contributed by atoms with Crippen LogP contribution in [0.3, 0.4) is 0 Å². The van der Waals surface area contributed by atoms with Gasteiger partial charge in [-0.3, -0.25) is 9.59 Å². The fourth-order valence-corrected chi connectivity index (χ4v) is 2.55. The van der Waals surface area contributed by atoms with Crippen LogP contribution in [0, 0.1) is 23.7 Å². The average molecular weight is 285 g/mol. The third kappa shape index (κ3) is 4.96. The minimum absolute atomic E-state index is 0.213. The van der Waals surface area contributed by atoms with E-state index in [0.29, 0.717) is 25.3 Å². The summed E-state index contributed by atoms with van der Waals surface area (Å²) in [5.74, 6) is 4.56. The van der Waals surface area contributed by atoms with Crippen LogP contribution in [0.1, 0.15) is 31.2 Å². The van der Waals surface area contributed by atoms with Crippen LogP contribution in [0.15, 0.2) is 30.3 Å². The molecule has 1 aromatic carbocycles. The van der Waals surface area contributed by atoms with Crippen LogP contribution in [0.5, 0.6) is 0 Å². The summed E-state index contributed by atoms with van der Waals surface area (Å²) in [7, 11) is 0. The number of hydrogen-bond donors (Lipinski definition) is 2. The molecule has 1 aliphatic rings. The Balaban J connectivity index is 1.73. The summed E-state index contributed by atoms with van der Waals surface area (Å²) in [4.78, 5) is 22.5. The molecule has 2 N–H and O–H groups in total. The van der Waals surface area contributed by atoms with Gasteiger partial charge in [-0.05, 0) is 43.7 Å². The lowest BCUT2D eigenvalue weighted by Crippen LogP contribution is -2.31. The maximum absolute atomic E-state index is 11.7. The lowest BCUT2D eigenvalue weighted by Gasteiger charge is -2.25. The molecule has 0 aliphatic heterocycles. The summed E-state index contributed by atoms with van der Waals surface area (Å²) >= 11 is 0. The first-order chi connectivity index (χ1) is 10.1. The highest BCUT2D eigenvalue weighted by Gasteiger charge is 2.25. The highest BCUT2D eigenvalue weighted by Crippen LogP contribution is 2.28. The molecule has 0 saturated heterocycles. The van der Waals surface area contributed by atoms with Crippen LogP contribution >= 0.6 is 0 Å². The molecule has 0 spiro atoms. The molecular formula is C17H19NO3. The highest BCUT2D eigenvalue weighted by molar-refractivity contribution is 5.94. The molecule has 4 heteroatoms. The summed E-state index contributed by atoms with van der Waals surface area (Å²) in [5.41, 5.74) is 0.814. The fourth-order valence-electron chi connectivity index (χ4n) is 2.55. The standard InChI is InChI=1S/C17H19NO3/c19-16(11-8-13-4-2-1-3-5-13)18-12-14-6-9-15(10-7-14)17(20)21/h1-5,14-15H,6-7,9-10,12H2,(H,18,19)(H,20,21). The Bertz CT molecular complexity index is 548. The Morgan fingerprint density at radius 1 is 1.14 bits per heavy atom. The predicted octanol–water partition coefficient (Wildman–Crippen LogP) is 2.05. The van der Waals surface area contributed by atoms with Crippen molar-refractivity contribution in [2.45, 2.75) is 25.7 Å². The van der Waals surface area contributed by atoms with E-state index in [1.165, 1.54) is 0 Å². The van der Waals surface area contributed by atoms with Gasteiger partial charge in [0, 0.05) is 18.0 Å². The van der Waals surface area contributed by atoms with E-state index in [9.17, 15) is 9.59 Å². The van der Waals surface area contributed by atoms with E-state index in [1.54, 1.807) is 0 Å². The van der Waals surface area contributed by atoms with E-state index in [0.717, 1.165) is 18.4 Å². The van der Waals surface area contributed by atoms with Gasteiger partial charge in [0.25, 0.3) is 5.91 Å². The quantitative estimate of drug-likeness (QED) is 0.835. The van der Waals surface area contributed by atoms with Gasteiger partial charge in [0.05, 0.1) is 5.92 Å². The van der Waals surface area contributed by atoms with Crippen molar-refractivity contribution in [2.24, 2.45) is 11.8 Å². The molecule has 0 unspecified atom stereocenters. The minimum atomic E-state index is -0.703. The summed E-state index contributed by atoms with van der Waals surface area (Å²) in [5, 5.41) is 11.7. The summed E-state index contributed by atoms with van der Waals surface area (Å²) < 4.78 is 0. The number of amides is 1. The molecule has 110 valence electrons. The molecule has 1 aromatic rings. The molecule has 4 nitrogen and oxygen atoms in total. The topological polar surface area (TPSA) is 66.4 Å². The maximum atomic E-state index is 11.7. The van der Waals surface area contributed by atoms with E-state index in [1.807, 2.05) is 30.3 Å². The van der Waals surface area contributed by atoms with Crippen molar-refractivity contribution >= 4 is 11.9 Å². The minimum Gasteiger partial charge on any atom is -0.481 e. The highest BCUT2D eigenvalue weighted by atomic mass is 16.4. The van der Waals surface area contributed by atoms with Crippen molar-refractivity contribution in [3.8, 4) is 11.8 Å². The molecule has 0 bridgehead atoms. The van der Waals surface area contributed by atoms with Crippen molar-refractivity contribution in [3.05, 3.63) is 35.9 Å². The number of carboxylic acids is 1. The Labute approximate surface area is 124 Å². The Morgan fingerprint density at radius 2 is 1.81 bits per heavy atom. The SMILES string of the molecule is O=C(C#Cc1ccccc1)NCC1CCC(C(=O)O)CC1. The first-order valence-electron chi connectivity index (χ1n) is 7.23. The van der Waals surface area contributed by atoms with Crippen molar-refractivity contribution in [1.82, 2.24) is 5.32 Å². The maximum Gasteiger partial charge on any atom is 0.306 e. The zero-order chi connectivity index (χ0) is 15.1. The van der Waals surface area contributed by atoms with Gasteiger partial charge in [0.15, 0.2) is 0 Å². The monoisotopic (exact) mass is 285 g/mol. The van der Waals surface area contributed by atoms with E-state index in [-0.39, 0.29) is 11.8 Å². The van der Waals surface area contributed by atoms with E-state index in [2.05, 4.69) is 17.2 Å². The van der Waals surface area contributed by atoms with Crippen LogP contribution in [-0.2, 0) is 9.59 Å². The van der Waals surface area contributed by atoms with Gasteiger partial charge in [-0.1, -0.05) is 24.1 Å². The molecule has 1 saturated carbocycles. The van der Waals surface area contributed by atoms with Gasteiger partial charge < -0.3 is 10.4 Å². The van der Waals surface area contributed by atoms with Crippen LogP contribution in [0.4, 0.5) is 0 Å². The predicted molar refractivity (Wildman–Crippen MR) is 79.4 cm³/mol. The number of carbonyl (C=O) groups is 2.